The Balaban J connectivity index is 2.44. The van der Waals surface area contributed by atoms with Crippen LogP contribution in [0, 0.1) is 0 Å². The fraction of sp³-hybridized carbons (Fsp3) is 0.462. The average Bonchev–Trinajstić information content (AvgIpc) is 2.78. The summed E-state index contributed by atoms with van der Waals surface area (Å²) in [6.07, 6.45) is -0.130. The molecule has 33 heavy (non-hydrogen) atoms. The lowest BCUT2D eigenvalue weighted by atomic mass is 10.0. The van der Waals surface area contributed by atoms with Crippen molar-refractivity contribution >= 4 is 26.0 Å². The second-order valence-corrected chi connectivity index (χ2v) is 14.5. The van der Waals surface area contributed by atoms with Gasteiger partial charge < -0.3 is 14.5 Å². The molecule has 2 amide bonds. The molecule has 0 radical (unpaired) electrons. The minimum atomic E-state index is -2.10. The maximum absolute atomic E-state index is 13.3. The minimum absolute atomic E-state index is 0.0131. The third-order valence-corrected chi connectivity index (χ3v) is 10.9. The first kappa shape index (κ1) is 26.6. The van der Waals surface area contributed by atoms with Crippen LogP contribution < -0.4 is 5.32 Å². The largest absolute Gasteiger partial charge is 0.453 e. The van der Waals surface area contributed by atoms with Crippen molar-refractivity contribution in [2.75, 3.05) is 19.0 Å². The third kappa shape index (κ3) is 6.92. The van der Waals surface area contributed by atoms with Crippen LogP contribution in [0.5, 0.6) is 0 Å². The van der Waals surface area contributed by atoms with E-state index in [2.05, 4.69) is 39.2 Å². The Labute approximate surface area is 199 Å². The monoisotopic (exact) mass is 470 g/mol. The Kier molecular flexibility index (Phi) is 9.25. The van der Waals surface area contributed by atoms with Crippen LogP contribution in [-0.2, 0) is 14.0 Å². The summed E-state index contributed by atoms with van der Waals surface area (Å²) in [7, 11) is -0.763. The van der Waals surface area contributed by atoms with Crippen molar-refractivity contribution in [1.82, 2.24) is 4.90 Å². The molecule has 0 bridgehead atoms. The molecule has 1 unspecified atom stereocenters. The molecule has 2 rings (SSSR count). The van der Waals surface area contributed by atoms with Gasteiger partial charge in [0.05, 0.1) is 19.8 Å². The number of hydrogen-bond donors (Lipinski definition) is 1. The van der Waals surface area contributed by atoms with Gasteiger partial charge in [-0.2, -0.15) is 0 Å². The molecule has 2 aromatic carbocycles. The van der Waals surface area contributed by atoms with Crippen LogP contribution in [0.25, 0.3) is 0 Å². The Morgan fingerprint density at radius 1 is 1.00 bits per heavy atom. The Bertz CT molecular complexity index is 898. The van der Waals surface area contributed by atoms with Gasteiger partial charge in [0.25, 0.3) is 0 Å². The number of carbonyl (C=O) groups is 2. The van der Waals surface area contributed by atoms with E-state index in [1.807, 2.05) is 67.6 Å². The molecule has 0 aliphatic carbocycles. The lowest BCUT2D eigenvalue weighted by molar-refractivity contribution is -0.122. The van der Waals surface area contributed by atoms with Crippen LogP contribution in [0.15, 0.2) is 60.7 Å². The molecule has 0 saturated heterocycles. The van der Waals surface area contributed by atoms with E-state index in [1.54, 1.807) is 0 Å². The highest BCUT2D eigenvalue weighted by atomic mass is 28.4. The van der Waals surface area contributed by atoms with Gasteiger partial charge in [0.2, 0.25) is 5.91 Å². The first-order chi connectivity index (χ1) is 15.5. The lowest BCUT2D eigenvalue weighted by Gasteiger charge is -2.41. The number of carbonyl (C=O) groups excluding carboxylic acids is 2. The number of hydrogen-bond acceptors (Lipinski definition) is 4. The van der Waals surface area contributed by atoms with Crippen molar-refractivity contribution < 1.29 is 18.8 Å². The van der Waals surface area contributed by atoms with Crippen molar-refractivity contribution in [1.29, 1.82) is 0 Å². The molecule has 1 N–H and O–H groups in total. The summed E-state index contributed by atoms with van der Waals surface area (Å²) in [5.41, 5.74) is 1.58. The number of rotatable bonds is 9. The number of nitrogens with zero attached hydrogens (tertiary/aromatic N) is 1. The normalized spacial score (nSPS) is 13.7. The molecule has 6 nitrogen and oxygen atoms in total. The topological polar surface area (TPSA) is 67.9 Å². The van der Waals surface area contributed by atoms with Crippen molar-refractivity contribution in [3.8, 4) is 0 Å². The molecule has 0 heterocycles. The van der Waals surface area contributed by atoms with E-state index in [-0.39, 0.29) is 17.6 Å². The molecule has 0 fully saturated rings. The van der Waals surface area contributed by atoms with Gasteiger partial charge in [-0.15, -0.1) is 0 Å². The number of anilines is 1. The fourth-order valence-electron chi connectivity index (χ4n) is 3.35. The first-order valence-corrected chi connectivity index (χ1v) is 14.3. The molecule has 0 spiro atoms. The predicted molar refractivity (Wildman–Crippen MR) is 136 cm³/mol. The molecular formula is C26H38N2O4Si. The zero-order valence-corrected chi connectivity index (χ0v) is 21.9. The first-order valence-electron chi connectivity index (χ1n) is 11.4. The van der Waals surface area contributed by atoms with Crippen molar-refractivity contribution in [2.24, 2.45) is 0 Å². The zero-order chi connectivity index (χ0) is 24.6. The summed E-state index contributed by atoms with van der Waals surface area (Å²) in [4.78, 5) is 27.9. The van der Waals surface area contributed by atoms with Gasteiger partial charge in [-0.05, 0) is 42.2 Å². The van der Waals surface area contributed by atoms with Crippen LogP contribution in [-0.4, -0.2) is 45.0 Å². The highest BCUT2D eigenvalue weighted by Gasteiger charge is 2.41. The summed E-state index contributed by atoms with van der Waals surface area (Å²) in [6, 6.07) is 17.7. The second-order valence-electron chi connectivity index (χ2n) is 9.65. The van der Waals surface area contributed by atoms with E-state index in [0.29, 0.717) is 12.1 Å². The van der Waals surface area contributed by atoms with E-state index in [4.69, 9.17) is 9.16 Å². The Morgan fingerprint density at radius 3 is 2.03 bits per heavy atom. The fourth-order valence-corrected chi connectivity index (χ4v) is 4.36. The van der Waals surface area contributed by atoms with Gasteiger partial charge >= 0.3 is 6.09 Å². The van der Waals surface area contributed by atoms with Gasteiger partial charge in [-0.3, -0.25) is 9.69 Å². The lowest BCUT2D eigenvalue weighted by Crippen LogP contribution is -2.51. The number of amides is 2. The van der Waals surface area contributed by atoms with E-state index < -0.39 is 26.5 Å². The molecular weight excluding hydrogens is 432 g/mol. The van der Waals surface area contributed by atoms with E-state index >= 15 is 0 Å². The molecule has 180 valence electrons. The number of benzene rings is 2. The van der Waals surface area contributed by atoms with Crippen LogP contribution in [0.1, 0.15) is 45.7 Å². The Morgan fingerprint density at radius 2 is 1.55 bits per heavy atom. The highest BCUT2D eigenvalue weighted by Crippen LogP contribution is 2.38. The smallest absolute Gasteiger partial charge is 0.410 e. The highest BCUT2D eigenvalue weighted by molar-refractivity contribution is 6.74. The summed E-state index contributed by atoms with van der Waals surface area (Å²) < 4.78 is 11.7. The van der Waals surface area contributed by atoms with E-state index in [1.165, 1.54) is 12.0 Å². The average molecular weight is 471 g/mol. The molecule has 0 aliphatic rings. The summed E-state index contributed by atoms with van der Waals surface area (Å²) in [5.74, 6) is -0.262. The second kappa shape index (κ2) is 11.5. The van der Waals surface area contributed by atoms with Crippen molar-refractivity contribution in [2.45, 2.75) is 64.3 Å². The number of para-hydroxylation sites is 1. The minimum Gasteiger partial charge on any atom is -0.453 e. The molecule has 0 aromatic heterocycles. The molecule has 2 aromatic rings. The molecule has 2 atom stereocenters. The molecule has 0 aliphatic heterocycles. The van der Waals surface area contributed by atoms with Crippen LogP contribution in [0.2, 0.25) is 18.1 Å². The molecule has 0 saturated carbocycles. The van der Waals surface area contributed by atoms with Crippen molar-refractivity contribution in [3.05, 3.63) is 66.2 Å². The van der Waals surface area contributed by atoms with Gasteiger partial charge in [0.1, 0.15) is 6.04 Å². The van der Waals surface area contributed by atoms with Crippen LogP contribution in [0.3, 0.4) is 0 Å². The maximum atomic E-state index is 13.3. The van der Waals surface area contributed by atoms with Gasteiger partial charge in [0.15, 0.2) is 8.32 Å². The maximum Gasteiger partial charge on any atom is 0.410 e. The predicted octanol–water partition coefficient (Wildman–Crippen LogP) is 6.24. The quantitative estimate of drug-likeness (QED) is 0.441. The third-order valence-electron chi connectivity index (χ3n) is 6.38. The van der Waals surface area contributed by atoms with Crippen molar-refractivity contribution in [3.63, 3.8) is 0 Å². The number of nitrogens with one attached hydrogen (secondary N) is 1. The van der Waals surface area contributed by atoms with Crippen LogP contribution >= 0.6 is 0 Å². The zero-order valence-electron chi connectivity index (χ0n) is 20.9. The summed E-state index contributed by atoms with van der Waals surface area (Å²) >= 11 is 0. The van der Waals surface area contributed by atoms with E-state index in [0.717, 1.165) is 5.56 Å². The standard InChI is InChI=1S/C26H38N2O4Si/c1-8-22(24(29)27-21-17-13-10-14-18-21)28(25(30)31-5)23(20-15-11-9-12-16-20)19-32-33(6,7)26(2,3)4/h9-18,22-23H,8,19H2,1-7H3,(H,27,29)/t22?,23-/m0/s1. The molecule has 7 heteroatoms. The van der Waals surface area contributed by atoms with Gasteiger partial charge in [-0.1, -0.05) is 76.2 Å². The summed E-state index contributed by atoms with van der Waals surface area (Å²) in [6.45, 7) is 13.1. The van der Waals surface area contributed by atoms with Crippen LogP contribution in [0.4, 0.5) is 10.5 Å². The van der Waals surface area contributed by atoms with Gasteiger partial charge in [0, 0.05) is 5.69 Å². The summed E-state index contributed by atoms with van der Waals surface area (Å²) in [5, 5.41) is 2.95. The van der Waals surface area contributed by atoms with E-state index in [9.17, 15) is 9.59 Å². The SMILES string of the molecule is CCC(C(=O)Nc1ccccc1)N(C(=O)OC)[C@@H](CO[Si](C)(C)C(C)(C)C)c1ccccc1. The Hall–Kier alpha value is -2.64. The number of methoxy groups -OCH3 is 1. The number of ether oxygens (including phenoxy) is 1. The van der Waals surface area contributed by atoms with Gasteiger partial charge in [-0.25, -0.2) is 4.79 Å².